The summed E-state index contributed by atoms with van der Waals surface area (Å²) in [6.07, 6.45) is 5.38. The zero-order valence-corrected chi connectivity index (χ0v) is 10.2. The minimum atomic E-state index is -0.343. The van der Waals surface area contributed by atoms with Crippen molar-refractivity contribution in [3.63, 3.8) is 0 Å². The van der Waals surface area contributed by atoms with Gasteiger partial charge in [0.1, 0.15) is 0 Å². The van der Waals surface area contributed by atoms with E-state index >= 15 is 0 Å². The lowest BCUT2D eigenvalue weighted by molar-refractivity contribution is -0.119. The summed E-state index contributed by atoms with van der Waals surface area (Å²) in [7, 11) is 0. The topological polar surface area (TPSA) is 72.9 Å². The van der Waals surface area contributed by atoms with Crippen molar-refractivity contribution in [2.45, 2.75) is 19.5 Å². The molecule has 0 aliphatic carbocycles. The Labute approximate surface area is 106 Å². The van der Waals surface area contributed by atoms with Crippen molar-refractivity contribution in [3.8, 4) is 5.69 Å². The van der Waals surface area contributed by atoms with Crippen molar-refractivity contribution < 1.29 is 4.79 Å². The van der Waals surface area contributed by atoms with E-state index in [2.05, 4.69) is 10.3 Å². The van der Waals surface area contributed by atoms with Crippen molar-refractivity contribution in [2.75, 3.05) is 0 Å². The number of imidazole rings is 1. The maximum absolute atomic E-state index is 10.9. The Bertz CT molecular complexity index is 504. The van der Waals surface area contributed by atoms with Crippen LogP contribution in [0.3, 0.4) is 0 Å². The van der Waals surface area contributed by atoms with Crippen LogP contribution in [0.5, 0.6) is 0 Å². The van der Waals surface area contributed by atoms with E-state index in [-0.39, 0.29) is 11.9 Å². The largest absolute Gasteiger partial charge is 0.368 e. The van der Waals surface area contributed by atoms with Crippen molar-refractivity contribution in [1.82, 2.24) is 14.9 Å². The number of benzene rings is 1. The molecule has 3 N–H and O–H groups in total. The van der Waals surface area contributed by atoms with E-state index in [4.69, 9.17) is 5.73 Å². The Kier molecular flexibility index (Phi) is 3.74. The number of rotatable bonds is 5. The van der Waals surface area contributed by atoms with E-state index in [1.165, 1.54) is 0 Å². The van der Waals surface area contributed by atoms with Gasteiger partial charge < -0.3 is 15.6 Å². The Morgan fingerprint density at radius 1 is 1.44 bits per heavy atom. The number of hydrogen-bond acceptors (Lipinski definition) is 3. The van der Waals surface area contributed by atoms with Crippen LogP contribution in [-0.2, 0) is 11.3 Å². The average molecular weight is 244 g/mol. The Morgan fingerprint density at radius 2 is 2.17 bits per heavy atom. The first-order valence-electron chi connectivity index (χ1n) is 5.77. The molecule has 5 nitrogen and oxygen atoms in total. The van der Waals surface area contributed by atoms with Gasteiger partial charge in [-0.25, -0.2) is 4.98 Å². The third-order valence-corrected chi connectivity index (χ3v) is 2.78. The van der Waals surface area contributed by atoms with Gasteiger partial charge in [-0.15, -0.1) is 0 Å². The van der Waals surface area contributed by atoms with Crippen molar-refractivity contribution in [1.29, 1.82) is 0 Å². The molecular weight excluding hydrogens is 228 g/mol. The van der Waals surface area contributed by atoms with Crippen LogP contribution in [0, 0.1) is 0 Å². The maximum atomic E-state index is 10.9. The smallest absolute Gasteiger partial charge is 0.234 e. The van der Waals surface area contributed by atoms with Gasteiger partial charge >= 0.3 is 0 Å². The lowest BCUT2D eigenvalue weighted by Crippen LogP contribution is -2.38. The van der Waals surface area contributed by atoms with Crippen LogP contribution in [0.2, 0.25) is 0 Å². The van der Waals surface area contributed by atoms with Gasteiger partial charge in [0.05, 0.1) is 12.4 Å². The fourth-order valence-electron chi connectivity index (χ4n) is 1.57. The lowest BCUT2D eigenvalue weighted by atomic mass is 10.2. The van der Waals surface area contributed by atoms with E-state index in [1.54, 1.807) is 19.4 Å². The Hall–Kier alpha value is -2.14. The quantitative estimate of drug-likeness (QED) is 0.818. The van der Waals surface area contributed by atoms with Crippen molar-refractivity contribution in [2.24, 2.45) is 5.73 Å². The molecule has 2 rings (SSSR count). The number of aromatic nitrogens is 2. The maximum Gasteiger partial charge on any atom is 0.234 e. The van der Waals surface area contributed by atoms with E-state index in [1.807, 2.05) is 35.0 Å². The molecule has 1 atom stereocenters. The summed E-state index contributed by atoms with van der Waals surface area (Å²) in [5.41, 5.74) is 7.34. The number of primary amides is 1. The molecule has 94 valence electrons. The van der Waals surface area contributed by atoms with Gasteiger partial charge in [-0.1, -0.05) is 12.1 Å². The van der Waals surface area contributed by atoms with Gasteiger partial charge in [0.25, 0.3) is 0 Å². The summed E-state index contributed by atoms with van der Waals surface area (Å²) in [5.74, 6) is -0.343. The molecule has 0 spiro atoms. The molecule has 1 aromatic heterocycles. The third kappa shape index (κ3) is 2.95. The average Bonchev–Trinajstić information content (AvgIpc) is 2.90. The summed E-state index contributed by atoms with van der Waals surface area (Å²) < 4.78 is 1.93. The summed E-state index contributed by atoms with van der Waals surface area (Å²) in [4.78, 5) is 14.9. The van der Waals surface area contributed by atoms with Crippen LogP contribution >= 0.6 is 0 Å². The predicted octanol–water partition coefficient (Wildman–Crippen LogP) is 0.836. The van der Waals surface area contributed by atoms with Crippen LogP contribution in [0.1, 0.15) is 12.5 Å². The van der Waals surface area contributed by atoms with Gasteiger partial charge in [0, 0.05) is 24.6 Å². The summed E-state index contributed by atoms with van der Waals surface area (Å²) in [5, 5.41) is 3.06. The van der Waals surface area contributed by atoms with Gasteiger partial charge in [-0.05, 0) is 24.6 Å². The van der Waals surface area contributed by atoms with E-state index in [0.717, 1.165) is 11.3 Å². The van der Waals surface area contributed by atoms with Crippen molar-refractivity contribution in [3.05, 3.63) is 48.5 Å². The number of amides is 1. The minimum Gasteiger partial charge on any atom is -0.368 e. The van der Waals surface area contributed by atoms with Crippen molar-refractivity contribution >= 4 is 5.91 Å². The summed E-state index contributed by atoms with van der Waals surface area (Å²) >= 11 is 0. The zero-order valence-electron chi connectivity index (χ0n) is 10.2. The molecule has 1 aromatic carbocycles. The molecule has 18 heavy (non-hydrogen) atoms. The molecule has 5 heteroatoms. The normalized spacial score (nSPS) is 12.3. The third-order valence-electron chi connectivity index (χ3n) is 2.78. The molecule has 1 unspecified atom stereocenters. The molecule has 0 bridgehead atoms. The molecule has 0 fully saturated rings. The highest BCUT2D eigenvalue weighted by atomic mass is 16.1. The molecule has 1 heterocycles. The lowest BCUT2D eigenvalue weighted by Gasteiger charge is -2.10. The summed E-state index contributed by atoms with van der Waals surface area (Å²) in [6.45, 7) is 2.37. The SMILES string of the molecule is CC(NCc1ccc(-n2ccnc2)cc1)C(N)=O. The van der Waals surface area contributed by atoms with Gasteiger partial charge in [-0.3, -0.25) is 4.79 Å². The highest BCUT2D eigenvalue weighted by Crippen LogP contribution is 2.09. The minimum absolute atomic E-state index is 0.321. The predicted molar refractivity (Wildman–Crippen MR) is 69.1 cm³/mol. The highest BCUT2D eigenvalue weighted by Gasteiger charge is 2.06. The Balaban J connectivity index is 1.98. The van der Waals surface area contributed by atoms with Crippen LogP contribution in [-0.4, -0.2) is 21.5 Å². The first kappa shape index (κ1) is 12.3. The number of nitrogens with one attached hydrogen (secondary N) is 1. The second kappa shape index (κ2) is 5.46. The molecule has 0 saturated heterocycles. The Morgan fingerprint density at radius 3 is 2.72 bits per heavy atom. The second-order valence-corrected chi connectivity index (χ2v) is 4.14. The second-order valence-electron chi connectivity index (χ2n) is 4.14. The van der Waals surface area contributed by atoms with Crippen LogP contribution < -0.4 is 11.1 Å². The monoisotopic (exact) mass is 244 g/mol. The number of carbonyl (C=O) groups is 1. The fourth-order valence-corrected chi connectivity index (χ4v) is 1.57. The van der Waals surface area contributed by atoms with E-state index < -0.39 is 0 Å². The number of hydrogen-bond donors (Lipinski definition) is 2. The van der Waals surface area contributed by atoms with E-state index in [9.17, 15) is 4.79 Å². The first-order valence-corrected chi connectivity index (χ1v) is 5.77. The molecule has 0 aliphatic rings. The number of carbonyl (C=O) groups excluding carboxylic acids is 1. The number of nitrogens with two attached hydrogens (primary N) is 1. The fraction of sp³-hybridized carbons (Fsp3) is 0.231. The highest BCUT2D eigenvalue weighted by molar-refractivity contribution is 5.79. The molecule has 0 saturated carbocycles. The van der Waals surface area contributed by atoms with Crippen LogP contribution in [0.25, 0.3) is 5.69 Å². The van der Waals surface area contributed by atoms with Gasteiger partial charge in [0.2, 0.25) is 5.91 Å². The molecule has 0 radical (unpaired) electrons. The first-order chi connectivity index (χ1) is 8.66. The van der Waals surface area contributed by atoms with Gasteiger partial charge in [-0.2, -0.15) is 0 Å². The molecule has 2 aromatic rings. The summed E-state index contributed by atoms with van der Waals surface area (Å²) in [6, 6.07) is 7.71. The standard InChI is InChI=1S/C13H16N4O/c1-10(13(14)18)16-8-11-2-4-12(5-3-11)17-7-6-15-9-17/h2-7,9-10,16H,8H2,1H3,(H2,14,18). The van der Waals surface area contributed by atoms with E-state index in [0.29, 0.717) is 6.54 Å². The van der Waals surface area contributed by atoms with Crippen LogP contribution in [0.4, 0.5) is 0 Å². The zero-order chi connectivity index (χ0) is 13.0. The molecule has 1 amide bonds. The number of nitrogens with zero attached hydrogens (tertiary/aromatic N) is 2. The molecule has 0 aliphatic heterocycles. The molecular formula is C13H16N4O. The van der Waals surface area contributed by atoms with Crippen LogP contribution in [0.15, 0.2) is 43.0 Å². The van der Waals surface area contributed by atoms with Gasteiger partial charge in [0.15, 0.2) is 0 Å².